The van der Waals surface area contributed by atoms with Gasteiger partial charge in [-0.25, -0.2) is 0 Å². The smallest absolute Gasteiger partial charge is 0.233 e. The van der Waals surface area contributed by atoms with E-state index in [2.05, 4.69) is 17.0 Å². The number of phenols is 1. The first-order chi connectivity index (χ1) is 21.3. The highest BCUT2D eigenvalue weighted by Crippen LogP contribution is 2.59. The molecule has 3 heterocycles. The summed E-state index contributed by atoms with van der Waals surface area (Å²) >= 11 is 6.50. The second-order valence-electron chi connectivity index (χ2n) is 12.6. The van der Waals surface area contributed by atoms with E-state index in [1.165, 1.54) is 22.6 Å². The Hall–Kier alpha value is -3.43. The Kier molecular flexibility index (Phi) is 7.87. The summed E-state index contributed by atoms with van der Waals surface area (Å²) in [6, 6.07) is 24.2. The zero-order valence-corrected chi connectivity index (χ0v) is 25.2. The van der Waals surface area contributed by atoms with Crippen LogP contribution in [0.2, 0.25) is 5.02 Å². The van der Waals surface area contributed by atoms with Crippen molar-refractivity contribution in [3.05, 3.63) is 95.0 Å². The fourth-order valence-corrected chi connectivity index (χ4v) is 8.22. The molecule has 4 aliphatic rings. The molecule has 9 heteroatoms. The van der Waals surface area contributed by atoms with Crippen LogP contribution in [0.25, 0.3) is 0 Å². The molecule has 1 saturated carbocycles. The van der Waals surface area contributed by atoms with Crippen LogP contribution in [0.4, 0.5) is 0 Å². The summed E-state index contributed by atoms with van der Waals surface area (Å²) in [5, 5.41) is 22.5. The third-order valence-electron chi connectivity index (χ3n) is 10.1. The number of halogens is 1. The Morgan fingerprint density at radius 2 is 1.64 bits per heavy atom. The number of amides is 2. The van der Waals surface area contributed by atoms with Crippen LogP contribution < -0.4 is 4.74 Å². The number of carbonyl (C=O) groups is 2. The second kappa shape index (κ2) is 11.8. The quantitative estimate of drug-likeness (QED) is 0.353. The molecule has 8 nitrogen and oxygen atoms in total. The van der Waals surface area contributed by atoms with Gasteiger partial charge >= 0.3 is 0 Å². The standard InChI is InChI=1S/C35H37ClN2O6/c36-30-18-25(39)11-12-27(30)31-19-29-32-28(17-23(35(29,42)44-31)21-43-26-9-5-2-6-10-26)33(40)38(34(32)41)24-13-15-37(16-14-24)20-22-7-3-1-4-8-22/h1-12,18,23-24,28-29,31-32,39,42H,13-17,19-21H2/t23-,28+,29+,31+,32+,35-/m1/s1. The van der Waals surface area contributed by atoms with Crippen molar-refractivity contribution in [1.29, 1.82) is 0 Å². The first-order valence-corrected chi connectivity index (χ1v) is 15.9. The molecular formula is C35H37ClN2O6. The number of fused-ring (bicyclic) bond motifs is 3. The van der Waals surface area contributed by atoms with Crippen LogP contribution in [-0.2, 0) is 20.9 Å². The summed E-state index contributed by atoms with van der Waals surface area (Å²) < 4.78 is 12.5. The number of aromatic hydroxyl groups is 1. The second-order valence-corrected chi connectivity index (χ2v) is 13.0. The molecule has 3 aromatic carbocycles. The SMILES string of the molecule is O=C1[C@H]2[C@H](C[C@H](COc3ccccc3)[C@@]3(O)O[C@H](c4ccc(O)cc4Cl)C[C@@H]23)C(=O)N1C1CCN(Cc2ccccc2)CC1. The zero-order valence-electron chi connectivity index (χ0n) is 24.4. The van der Waals surface area contributed by atoms with Crippen LogP contribution in [0.5, 0.6) is 11.5 Å². The number of nitrogens with zero attached hydrogens (tertiary/aromatic N) is 2. The maximum atomic E-state index is 14.2. The van der Waals surface area contributed by atoms with Gasteiger partial charge in [0.25, 0.3) is 0 Å². The van der Waals surface area contributed by atoms with Crippen LogP contribution >= 0.6 is 11.6 Å². The van der Waals surface area contributed by atoms with Gasteiger partial charge in [0, 0.05) is 37.5 Å². The van der Waals surface area contributed by atoms with E-state index in [1.54, 1.807) is 6.07 Å². The first kappa shape index (κ1) is 29.3. The number of benzene rings is 3. The number of carbonyl (C=O) groups excluding carboxylic acids is 2. The summed E-state index contributed by atoms with van der Waals surface area (Å²) in [4.78, 5) is 32.1. The van der Waals surface area contributed by atoms with E-state index in [1.807, 2.05) is 48.5 Å². The van der Waals surface area contributed by atoms with Crippen LogP contribution in [0, 0.1) is 23.7 Å². The van der Waals surface area contributed by atoms with Gasteiger partial charge < -0.3 is 19.7 Å². The highest BCUT2D eigenvalue weighted by Gasteiger charge is 2.67. The number of hydrogen-bond acceptors (Lipinski definition) is 7. The molecular weight excluding hydrogens is 580 g/mol. The number of aliphatic hydroxyl groups is 1. The first-order valence-electron chi connectivity index (χ1n) is 15.5. The molecule has 230 valence electrons. The predicted molar refractivity (Wildman–Crippen MR) is 164 cm³/mol. The highest BCUT2D eigenvalue weighted by atomic mass is 35.5. The summed E-state index contributed by atoms with van der Waals surface area (Å²) in [6.45, 7) is 2.59. The topological polar surface area (TPSA) is 99.5 Å². The van der Waals surface area contributed by atoms with Crippen molar-refractivity contribution < 1.29 is 29.3 Å². The maximum Gasteiger partial charge on any atom is 0.233 e. The van der Waals surface area contributed by atoms with Gasteiger partial charge in [-0.15, -0.1) is 0 Å². The van der Waals surface area contributed by atoms with Gasteiger partial charge in [-0.05, 0) is 61.1 Å². The van der Waals surface area contributed by atoms with Gasteiger partial charge in [-0.3, -0.25) is 19.4 Å². The lowest BCUT2D eigenvalue weighted by molar-refractivity contribution is -0.272. The Bertz CT molecular complexity index is 1510. The lowest BCUT2D eigenvalue weighted by Gasteiger charge is -2.44. The van der Waals surface area contributed by atoms with E-state index in [-0.39, 0.29) is 36.6 Å². The summed E-state index contributed by atoms with van der Waals surface area (Å²) in [5.74, 6) is -3.71. The van der Waals surface area contributed by atoms with E-state index in [9.17, 15) is 19.8 Å². The number of piperidine rings is 1. The number of phenolic OH excluding ortho intramolecular Hbond substituents is 1. The average molecular weight is 617 g/mol. The van der Waals surface area contributed by atoms with Crippen molar-refractivity contribution in [3.8, 4) is 11.5 Å². The van der Waals surface area contributed by atoms with Gasteiger partial charge in [0.1, 0.15) is 11.5 Å². The summed E-state index contributed by atoms with van der Waals surface area (Å²) in [6.07, 6.45) is 1.46. The Morgan fingerprint density at radius 3 is 2.34 bits per heavy atom. The molecule has 1 aliphatic carbocycles. The lowest BCUT2D eigenvalue weighted by atomic mass is 9.64. The maximum absolute atomic E-state index is 14.2. The molecule has 6 atom stereocenters. The van der Waals surface area contributed by atoms with E-state index >= 15 is 0 Å². The third-order valence-corrected chi connectivity index (χ3v) is 10.4. The van der Waals surface area contributed by atoms with Crippen molar-refractivity contribution >= 4 is 23.4 Å². The van der Waals surface area contributed by atoms with Crippen molar-refractivity contribution in [3.63, 3.8) is 0 Å². The zero-order chi connectivity index (χ0) is 30.4. The largest absolute Gasteiger partial charge is 0.508 e. The summed E-state index contributed by atoms with van der Waals surface area (Å²) in [7, 11) is 0. The van der Waals surface area contributed by atoms with Gasteiger partial charge in [-0.1, -0.05) is 66.2 Å². The molecule has 3 saturated heterocycles. The van der Waals surface area contributed by atoms with Crippen molar-refractivity contribution in [2.45, 2.75) is 50.2 Å². The Balaban J connectivity index is 1.13. The van der Waals surface area contributed by atoms with E-state index in [4.69, 9.17) is 21.1 Å². The van der Waals surface area contributed by atoms with Crippen LogP contribution in [0.1, 0.15) is 42.9 Å². The molecule has 0 unspecified atom stereocenters. The minimum absolute atomic E-state index is 0.0316. The molecule has 0 spiro atoms. The molecule has 2 N–H and O–H groups in total. The van der Waals surface area contributed by atoms with Crippen LogP contribution in [0.15, 0.2) is 78.9 Å². The molecule has 0 bridgehead atoms. The number of hydrogen-bond donors (Lipinski definition) is 2. The molecule has 2 amide bonds. The molecule has 0 radical (unpaired) electrons. The monoisotopic (exact) mass is 616 g/mol. The predicted octanol–water partition coefficient (Wildman–Crippen LogP) is 5.18. The number of likely N-dealkylation sites (tertiary alicyclic amines) is 2. The summed E-state index contributed by atoms with van der Waals surface area (Å²) in [5.41, 5.74) is 1.88. The van der Waals surface area contributed by atoms with Gasteiger partial charge in [0.2, 0.25) is 11.8 Å². The van der Waals surface area contributed by atoms with Crippen LogP contribution in [0.3, 0.4) is 0 Å². The highest BCUT2D eigenvalue weighted by molar-refractivity contribution is 6.31. The number of ether oxygens (including phenoxy) is 2. The fraction of sp³-hybridized carbons (Fsp3) is 0.429. The van der Waals surface area contributed by atoms with Crippen LogP contribution in [-0.4, -0.2) is 63.4 Å². The molecule has 7 rings (SSSR count). The van der Waals surface area contributed by atoms with Gasteiger partial charge in [-0.2, -0.15) is 0 Å². The fourth-order valence-electron chi connectivity index (χ4n) is 7.92. The number of imide groups is 1. The Labute approximate surface area is 262 Å². The average Bonchev–Trinajstić information content (AvgIpc) is 3.50. The molecule has 3 aromatic rings. The van der Waals surface area contributed by atoms with Gasteiger partial charge in [0.05, 0.1) is 29.6 Å². The van der Waals surface area contributed by atoms with Crippen molar-refractivity contribution in [2.75, 3.05) is 19.7 Å². The molecule has 44 heavy (non-hydrogen) atoms. The molecule has 3 aliphatic heterocycles. The number of para-hydroxylation sites is 1. The molecule has 4 fully saturated rings. The Morgan fingerprint density at radius 1 is 0.932 bits per heavy atom. The normalized spacial score (nSPS) is 30.8. The minimum atomic E-state index is -1.69. The minimum Gasteiger partial charge on any atom is -0.508 e. The molecule has 0 aromatic heterocycles. The van der Waals surface area contributed by atoms with E-state index in [0.29, 0.717) is 22.8 Å². The van der Waals surface area contributed by atoms with Crippen molar-refractivity contribution in [1.82, 2.24) is 9.80 Å². The van der Waals surface area contributed by atoms with Gasteiger partial charge in [0.15, 0.2) is 5.79 Å². The van der Waals surface area contributed by atoms with E-state index in [0.717, 1.165) is 32.5 Å². The van der Waals surface area contributed by atoms with Crippen molar-refractivity contribution in [2.24, 2.45) is 23.7 Å². The van der Waals surface area contributed by atoms with E-state index < -0.39 is 35.6 Å². The number of rotatable bonds is 7. The third kappa shape index (κ3) is 5.28. The lowest BCUT2D eigenvalue weighted by Crippen LogP contribution is -2.55.